The molecule has 0 atom stereocenters. The Morgan fingerprint density at radius 1 is 1.03 bits per heavy atom. The minimum Gasteiger partial charge on any atom is -0.352 e. The third-order valence-electron chi connectivity index (χ3n) is 5.26. The maximum atomic E-state index is 12.9. The smallest absolute Gasteiger partial charge is 0.262 e. The summed E-state index contributed by atoms with van der Waals surface area (Å²) in [4.78, 5) is 15.0. The summed E-state index contributed by atoms with van der Waals surface area (Å²) >= 11 is 0. The average Bonchev–Trinajstić information content (AvgIpc) is 3.20. The quantitative estimate of drug-likeness (QED) is 0.649. The number of rotatable bonds is 8. The van der Waals surface area contributed by atoms with Gasteiger partial charge >= 0.3 is 0 Å². The molecular formula is C22H29N3O3S. The van der Waals surface area contributed by atoms with Crippen molar-refractivity contribution in [1.82, 2.24) is 10.2 Å². The first-order valence-electron chi connectivity index (χ1n) is 10.1. The third kappa shape index (κ3) is 5.58. The van der Waals surface area contributed by atoms with E-state index >= 15 is 0 Å². The summed E-state index contributed by atoms with van der Waals surface area (Å²) in [7, 11) is -3.80. The standard InChI is InChI=1S/C22H29N3O3S/c1-17-8-3-4-9-20(17)24-29(27,28)21-16-19(11-10-18(21)2)22(26)23-12-7-15-25-13-5-6-14-25/h3-4,8-11,16,24H,5-7,12-15H2,1-2H3,(H,23,26). The molecule has 2 N–H and O–H groups in total. The molecule has 1 aliphatic heterocycles. The molecule has 29 heavy (non-hydrogen) atoms. The van der Waals surface area contributed by atoms with Gasteiger partial charge in [-0.2, -0.15) is 0 Å². The lowest BCUT2D eigenvalue weighted by Gasteiger charge is -2.15. The topological polar surface area (TPSA) is 78.5 Å². The first kappa shape index (κ1) is 21.3. The van der Waals surface area contributed by atoms with Crippen molar-refractivity contribution in [2.45, 2.75) is 38.0 Å². The summed E-state index contributed by atoms with van der Waals surface area (Å²) in [6, 6.07) is 12.0. The molecule has 0 bridgehead atoms. The van der Waals surface area contributed by atoms with Crippen molar-refractivity contribution >= 4 is 21.6 Å². The van der Waals surface area contributed by atoms with E-state index in [9.17, 15) is 13.2 Å². The Kier molecular flexibility index (Phi) is 6.92. The number of benzene rings is 2. The van der Waals surface area contributed by atoms with Crippen LogP contribution in [0.5, 0.6) is 0 Å². The molecule has 0 aliphatic carbocycles. The summed E-state index contributed by atoms with van der Waals surface area (Å²) in [5, 5.41) is 2.90. The van der Waals surface area contributed by atoms with Crippen LogP contribution in [0.3, 0.4) is 0 Å². The molecule has 2 aromatic carbocycles. The predicted octanol–water partition coefficient (Wildman–Crippen LogP) is 3.32. The van der Waals surface area contributed by atoms with Crippen LogP contribution in [0.15, 0.2) is 47.4 Å². The van der Waals surface area contributed by atoms with Crippen molar-refractivity contribution in [1.29, 1.82) is 0 Å². The number of sulfonamides is 1. The Bertz CT molecular complexity index is 967. The van der Waals surface area contributed by atoms with Crippen molar-refractivity contribution < 1.29 is 13.2 Å². The van der Waals surface area contributed by atoms with Crippen LogP contribution in [0.2, 0.25) is 0 Å². The molecule has 0 spiro atoms. The molecule has 1 saturated heterocycles. The van der Waals surface area contributed by atoms with E-state index in [1.165, 1.54) is 18.9 Å². The molecule has 0 radical (unpaired) electrons. The molecule has 1 amide bonds. The number of aryl methyl sites for hydroxylation is 2. The molecule has 2 aromatic rings. The Morgan fingerprint density at radius 3 is 2.48 bits per heavy atom. The van der Waals surface area contributed by atoms with Crippen molar-refractivity contribution in [2.24, 2.45) is 0 Å². The first-order valence-corrected chi connectivity index (χ1v) is 11.5. The van der Waals surface area contributed by atoms with Crippen molar-refractivity contribution in [3.63, 3.8) is 0 Å². The number of carbonyl (C=O) groups is 1. The van der Waals surface area contributed by atoms with Crippen LogP contribution in [0.4, 0.5) is 5.69 Å². The van der Waals surface area contributed by atoms with Crippen LogP contribution in [-0.4, -0.2) is 45.4 Å². The second-order valence-electron chi connectivity index (χ2n) is 7.56. The number of likely N-dealkylation sites (tertiary alicyclic amines) is 1. The highest BCUT2D eigenvalue weighted by molar-refractivity contribution is 7.92. The zero-order chi connectivity index (χ0) is 20.9. The fourth-order valence-electron chi connectivity index (χ4n) is 3.53. The van der Waals surface area contributed by atoms with Gasteiger partial charge in [-0.25, -0.2) is 8.42 Å². The Hall–Kier alpha value is -2.38. The molecule has 1 heterocycles. The molecule has 0 aromatic heterocycles. The Morgan fingerprint density at radius 2 is 1.76 bits per heavy atom. The lowest BCUT2D eigenvalue weighted by atomic mass is 10.1. The lowest BCUT2D eigenvalue weighted by Crippen LogP contribution is -2.29. The lowest BCUT2D eigenvalue weighted by molar-refractivity contribution is 0.0952. The van der Waals surface area contributed by atoms with E-state index in [0.29, 0.717) is 23.4 Å². The van der Waals surface area contributed by atoms with Crippen molar-refractivity contribution in [2.75, 3.05) is 30.9 Å². The number of nitrogens with one attached hydrogen (secondary N) is 2. The normalized spacial score (nSPS) is 14.7. The molecule has 0 saturated carbocycles. The van der Waals surface area contributed by atoms with Gasteiger partial charge in [0.1, 0.15) is 0 Å². The number of nitrogens with zero attached hydrogens (tertiary/aromatic N) is 1. The molecule has 6 nitrogen and oxygen atoms in total. The highest BCUT2D eigenvalue weighted by Crippen LogP contribution is 2.22. The Balaban J connectivity index is 1.66. The van der Waals surface area contributed by atoms with E-state index in [2.05, 4.69) is 14.9 Å². The van der Waals surface area contributed by atoms with Crippen LogP contribution < -0.4 is 10.0 Å². The van der Waals surface area contributed by atoms with Gasteiger partial charge in [0.2, 0.25) is 0 Å². The Labute approximate surface area is 173 Å². The highest BCUT2D eigenvalue weighted by Gasteiger charge is 2.20. The summed E-state index contributed by atoms with van der Waals surface area (Å²) in [5.74, 6) is -0.251. The van der Waals surface area contributed by atoms with Gasteiger partial charge in [0.25, 0.3) is 15.9 Å². The average molecular weight is 416 g/mol. The van der Waals surface area contributed by atoms with Crippen LogP contribution in [-0.2, 0) is 10.0 Å². The van der Waals surface area contributed by atoms with Crippen LogP contribution in [0.1, 0.15) is 40.7 Å². The van der Waals surface area contributed by atoms with E-state index in [0.717, 1.165) is 31.6 Å². The van der Waals surface area contributed by atoms with Gasteiger partial charge in [-0.15, -0.1) is 0 Å². The summed E-state index contributed by atoms with van der Waals surface area (Å²) in [6.07, 6.45) is 3.39. The predicted molar refractivity (Wildman–Crippen MR) is 116 cm³/mol. The van der Waals surface area contributed by atoms with Gasteiger partial charge in [0, 0.05) is 12.1 Å². The van der Waals surface area contributed by atoms with Gasteiger partial charge in [0.15, 0.2) is 0 Å². The second-order valence-corrected chi connectivity index (χ2v) is 9.21. The van der Waals surface area contributed by atoms with Gasteiger partial charge in [-0.1, -0.05) is 24.3 Å². The maximum Gasteiger partial charge on any atom is 0.262 e. The maximum absolute atomic E-state index is 12.9. The van der Waals surface area contributed by atoms with E-state index in [1.54, 1.807) is 31.2 Å². The first-order chi connectivity index (χ1) is 13.9. The third-order valence-corrected chi connectivity index (χ3v) is 6.77. The number of hydrogen-bond acceptors (Lipinski definition) is 4. The van der Waals surface area contributed by atoms with Crippen LogP contribution >= 0.6 is 0 Å². The molecule has 3 rings (SSSR count). The van der Waals surface area contributed by atoms with Gasteiger partial charge in [-0.3, -0.25) is 9.52 Å². The number of anilines is 1. The highest BCUT2D eigenvalue weighted by atomic mass is 32.2. The second kappa shape index (κ2) is 9.41. The number of carbonyl (C=O) groups excluding carboxylic acids is 1. The van der Waals surface area contributed by atoms with E-state index < -0.39 is 10.0 Å². The van der Waals surface area contributed by atoms with Crippen LogP contribution in [0, 0.1) is 13.8 Å². The van der Waals surface area contributed by atoms with Crippen LogP contribution in [0.25, 0.3) is 0 Å². The number of amides is 1. The van der Waals surface area contributed by atoms with E-state index in [1.807, 2.05) is 19.1 Å². The van der Waals surface area contributed by atoms with Crippen molar-refractivity contribution in [3.8, 4) is 0 Å². The van der Waals surface area contributed by atoms with Gasteiger partial charge in [0.05, 0.1) is 10.6 Å². The summed E-state index contributed by atoms with van der Waals surface area (Å²) < 4.78 is 28.4. The van der Waals surface area contributed by atoms with Gasteiger partial charge in [-0.05, 0) is 82.1 Å². The zero-order valence-electron chi connectivity index (χ0n) is 17.1. The van der Waals surface area contributed by atoms with E-state index in [4.69, 9.17) is 0 Å². The van der Waals surface area contributed by atoms with Gasteiger partial charge < -0.3 is 10.2 Å². The number of hydrogen-bond donors (Lipinski definition) is 2. The monoisotopic (exact) mass is 415 g/mol. The molecular weight excluding hydrogens is 386 g/mol. The van der Waals surface area contributed by atoms with E-state index in [-0.39, 0.29) is 10.8 Å². The summed E-state index contributed by atoms with van der Waals surface area (Å²) in [5.41, 5.74) is 2.31. The SMILES string of the molecule is Cc1ccccc1NS(=O)(=O)c1cc(C(=O)NCCCN2CCCC2)ccc1C. The molecule has 1 aliphatic rings. The fourth-order valence-corrected chi connectivity index (χ4v) is 4.93. The minimum atomic E-state index is -3.80. The molecule has 156 valence electrons. The molecule has 0 unspecified atom stereocenters. The molecule has 1 fully saturated rings. The minimum absolute atomic E-state index is 0.116. The summed E-state index contributed by atoms with van der Waals surface area (Å²) in [6.45, 7) is 7.41. The van der Waals surface area contributed by atoms with Crippen molar-refractivity contribution in [3.05, 3.63) is 59.2 Å². The fraction of sp³-hybridized carbons (Fsp3) is 0.409. The zero-order valence-corrected chi connectivity index (χ0v) is 17.9. The molecule has 7 heteroatoms. The number of para-hydroxylation sites is 1. The largest absolute Gasteiger partial charge is 0.352 e.